The Labute approximate surface area is 127 Å². The maximum Gasteiger partial charge on any atom is 0.272 e. The van der Waals surface area contributed by atoms with Gasteiger partial charge in [-0.3, -0.25) is 4.79 Å². The van der Waals surface area contributed by atoms with Crippen LogP contribution in [-0.2, 0) is 0 Å². The molecular weight excluding hydrogens is 264 g/mol. The molecular formula is C16H26N4O. The molecule has 0 radical (unpaired) electrons. The minimum absolute atomic E-state index is 0.0165. The van der Waals surface area contributed by atoms with Crippen molar-refractivity contribution in [2.24, 2.45) is 0 Å². The van der Waals surface area contributed by atoms with Crippen molar-refractivity contribution in [3.8, 4) is 0 Å². The van der Waals surface area contributed by atoms with E-state index in [-0.39, 0.29) is 5.91 Å². The first kappa shape index (κ1) is 15.7. The van der Waals surface area contributed by atoms with E-state index < -0.39 is 0 Å². The molecule has 0 bridgehead atoms. The highest BCUT2D eigenvalue weighted by molar-refractivity contribution is 5.92. The summed E-state index contributed by atoms with van der Waals surface area (Å²) in [6.45, 7) is 7.27. The summed E-state index contributed by atoms with van der Waals surface area (Å²) in [5.41, 5.74) is 1.32. The molecule has 1 fully saturated rings. The van der Waals surface area contributed by atoms with Gasteiger partial charge in [0.25, 0.3) is 5.91 Å². The first-order valence-corrected chi connectivity index (χ1v) is 8.05. The van der Waals surface area contributed by atoms with E-state index in [1.807, 2.05) is 20.8 Å². The van der Waals surface area contributed by atoms with E-state index in [9.17, 15) is 4.79 Å². The number of carbonyl (C=O) groups excluding carboxylic acids is 1. The second-order valence-corrected chi connectivity index (χ2v) is 5.67. The maximum atomic E-state index is 12.4. The lowest BCUT2D eigenvalue weighted by atomic mass is 9.96. The van der Waals surface area contributed by atoms with Gasteiger partial charge < -0.3 is 10.2 Å². The predicted octanol–water partition coefficient (Wildman–Crippen LogP) is 3.01. The van der Waals surface area contributed by atoms with Gasteiger partial charge in [-0.05, 0) is 39.7 Å². The molecule has 1 aromatic heterocycles. The fraction of sp³-hybridized carbons (Fsp3) is 0.688. The van der Waals surface area contributed by atoms with Gasteiger partial charge >= 0.3 is 0 Å². The third-order valence-corrected chi connectivity index (χ3v) is 4.06. The van der Waals surface area contributed by atoms with E-state index in [0.29, 0.717) is 30.8 Å². The molecule has 1 heterocycles. The number of nitrogens with zero attached hydrogens (tertiary/aromatic N) is 3. The van der Waals surface area contributed by atoms with Crippen molar-refractivity contribution >= 4 is 11.9 Å². The number of carbonyl (C=O) groups is 1. The minimum Gasteiger partial charge on any atom is -0.351 e. The fourth-order valence-corrected chi connectivity index (χ4v) is 2.84. The van der Waals surface area contributed by atoms with Crippen LogP contribution in [0.5, 0.6) is 0 Å². The molecule has 21 heavy (non-hydrogen) atoms. The van der Waals surface area contributed by atoms with E-state index in [4.69, 9.17) is 0 Å². The van der Waals surface area contributed by atoms with Crippen LogP contribution in [0.15, 0.2) is 6.07 Å². The van der Waals surface area contributed by atoms with Crippen molar-refractivity contribution < 1.29 is 4.79 Å². The average molecular weight is 290 g/mol. The van der Waals surface area contributed by atoms with Crippen LogP contribution in [0.3, 0.4) is 0 Å². The van der Waals surface area contributed by atoms with Crippen molar-refractivity contribution in [2.75, 3.05) is 18.4 Å². The van der Waals surface area contributed by atoms with Crippen molar-refractivity contribution in [1.82, 2.24) is 14.9 Å². The van der Waals surface area contributed by atoms with E-state index in [0.717, 1.165) is 18.5 Å². The standard InChI is InChI=1S/C16H26N4O/c1-4-20(5-2)15(21)14-11-12(3)17-16(19-14)18-13-9-7-6-8-10-13/h11,13H,4-10H2,1-3H3,(H,17,18,19). The highest BCUT2D eigenvalue weighted by Crippen LogP contribution is 2.20. The van der Waals surface area contributed by atoms with Crippen LogP contribution < -0.4 is 5.32 Å². The van der Waals surface area contributed by atoms with Gasteiger partial charge in [0.15, 0.2) is 0 Å². The summed E-state index contributed by atoms with van der Waals surface area (Å²) in [6.07, 6.45) is 6.16. The topological polar surface area (TPSA) is 58.1 Å². The second kappa shape index (κ2) is 7.38. The molecule has 1 aromatic rings. The normalized spacial score (nSPS) is 15.8. The molecule has 0 spiro atoms. The molecule has 1 aliphatic carbocycles. The SMILES string of the molecule is CCN(CC)C(=O)c1cc(C)nc(NC2CCCCC2)n1. The third kappa shape index (κ3) is 4.16. The predicted molar refractivity (Wildman–Crippen MR) is 84.5 cm³/mol. The van der Waals surface area contributed by atoms with E-state index in [1.54, 1.807) is 11.0 Å². The minimum atomic E-state index is -0.0165. The summed E-state index contributed by atoms with van der Waals surface area (Å²) < 4.78 is 0. The van der Waals surface area contributed by atoms with Gasteiger partial charge in [0.1, 0.15) is 5.69 Å². The lowest BCUT2D eigenvalue weighted by Crippen LogP contribution is -2.32. The Hall–Kier alpha value is -1.65. The smallest absolute Gasteiger partial charge is 0.272 e. The summed E-state index contributed by atoms with van der Waals surface area (Å²) in [4.78, 5) is 23.1. The van der Waals surface area contributed by atoms with Gasteiger partial charge in [0.05, 0.1) is 0 Å². The Bertz CT molecular complexity index is 479. The van der Waals surface area contributed by atoms with Crippen LogP contribution in [0.25, 0.3) is 0 Å². The molecule has 0 saturated heterocycles. The summed E-state index contributed by atoms with van der Waals surface area (Å²) in [5, 5.41) is 3.40. The molecule has 0 aliphatic heterocycles. The zero-order chi connectivity index (χ0) is 15.2. The molecule has 2 rings (SSSR count). The van der Waals surface area contributed by atoms with Crippen LogP contribution in [0.1, 0.15) is 62.1 Å². The Morgan fingerprint density at radius 1 is 1.24 bits per heavy atom. The Morgan fingerprint density at radius 3 is 2.52 bits per heavy atom. The van der Waals surface area contributed by atoms with Crippen molar-refractivity contribution in [1.29, 1.82) is 0 Å². The van der Waals surface area contributed by atoms with E-state index in [2.05, 4.69) is 15.3 Å². The Morgan fingerprint density at radius 2 is 1.90 bits per heavy atom. The monoisotopic (exact) mass is 290 g/mol. The van der Waals surface area contributed by atoms with Crippen LogP contribution >= 0.6 is 0 Å². The first-order chi connectivity index (χ1) is 10.1. The largest absolute Gasteiger partial charge is 0.351 e. The number of rotatable bonds is 5. The van der Waals surface area contributed by atoms with E-state index in [1.165, 1.54) is 19.3 Å². The van der Waals surface area contributed by atoms with Crippen molar-refractivity contribution in [2.45, 2.75) is 58.9 Å². The molecule has 0 atom stereocenters. The number of amides is 1. The van der Waals surface area contributed by atoms with Crippen LogP contribution in [0, 0.1) is 6.92 Å². The summed E-state index contributed by atoms with van der Waals surface area (Å²) in [5.74, 6) is 0.578. The van der Waals surface area contributed by atoms with Gasteiger partial charge in [-0.1, -0.05) is 19.3 Å². The quantitative estimate of drug-likeness (QED) is 0.905. The molecule has 1 saturated carbocycles. The van der Waals surface area contributed by atoms with E-state index >= 15 is 0 Å². The molecule has 0 unspecified atom stereocenters. The third-order valence-electron chi connectivity index (χ3n) is 4.06. The van der Waals surface area contributed by atoms with Crippen LogP contribution in [0.2, 0.25) is 0 Å². The summed E-state index contributed by atoms with van der Waals surface area (Å²) in [7, 11) is 0. The molecule has 1 amide bonds. The molecule has 1 N–H and O–H groups in total. The molecule has 116 valence electrons. The highest BCUT2D eigenvalue weighted by atomic mass is 16.2. The van der Waals surface area contributed by atoms with Crippen molar-refractivity contribution in [3.63, 3.8) is 0 Å². The molecule has 1 aliphatic rings. The van der Waals surface area contributed by atoms with Gasteiger partial charge in [-0.15, -0.1) is 0 Å². The molecule has 5 heteroatoms. The molecule has 0 aromatic carbocycles. The zero-order valence-corrected chi connectivity index (χ0v) is 13.4. The number of aryl methyl sites for hydroxylation is 1. The number of hydrogen-bond donors (Lipinski definition) is 1. The van der Waals surface area contributed by atoms with Crippen LogP contribution in [-0.4, -0.2) is 39.9 Å². The Balaban J connectivity index is 2.14. The second-order valence-electron chi connectivity index (χ2n) is 5.67. The van der Waals surface area contributed by atoms with Gasteiger partial charge in [-0.25, -0.2) is 9.97 Å². The van der Waals surface area contributed by atoms with Gasteiger partial charge in [0.2, 0.25) is 5.95 Å². The van der Waals surface area contributed by atoms with Gasteiger partial charge in [-0.2, -0.15) is 0 Å². The Kier molecular flexibility index (Phi) is 5.53. The number of anilines is 1. The average Bonchev–Trinajstić information content (AvgIpc) is 2.49. The number of aromatic nitrogens is 2. The molecule has 5 nitrogen and oxygen atoms in total. The fourth-order valence-electron chi connectivity index (χ4n) is 2.84. The summed E-state index contributed by atoms with van der Waals surface area (Å²) in [6, 6.07) is 2.21. The van der Waals surface area contributed by atoms with Gasteiger partial charge in [0, 0.05) is 24.8 Å². The highest BCUT2D eigenvalue weighted by Gasteiger charge is 2.18. The zero-order valence-electron chi connectivity index (χ0n) is 13.4. The maximum absolute atomic E-state index is 12.4. The lowest BCUT2D eigenvalue weighted by Gasteiger charge is -2.23. The number of nitrogens with one attached hydrogen (secondary N) is 1. The lowest BCUT2D eigenvalue weighted by molar-refractivity contribution is 0.0767. The number of hydrogen-bond acceptors (Lipinski definition) is 4. The van der Waals surface area contributed by atoms with Crippen LogP contribution in [0.4, 0.5) is 5.95 Å². The first-order valence-electron chi connectivity index (χ1n) is 8.05. The van der Waals surface area contributed by atoms with Crippen molar-refractivity contribution in [3.05, 3.63) is 17.5 Å². The summed E-state index contributed by atoms with van der Waals surface area (Å²) >= 11 is 0.